The maximum Gasteiger partial charge on any atom is 0.314 e. The van der Waals surface area contributed by atoms with Crippen LogP contribution < -0.4 is 10.6 Å². The number of fused-ring (bicyclic) bond motifs is 1. The molecule has 1 aliphatic rings. The highest BCUT2D eigenvalue weighted by molar-refractivity contribution is 7.17. The number of carbonyl (C=O) groups excluding carboxylic acids is 1. The van der Waals surface area contributed by atoms with Crippen LogP contribution in [0.5, 0.6) is 0 Å². The molecule has 0 aliphatic carbocycles. The summed E-state index contributed by atoms with van der Waals surface area (Å²) in [6.07, 6.45) is 0.794. The van der Waals surface area contributed by atoms with E-state index in [1.165, 1.54) is 27.8 Å². The molecule has 5 nitrogen and oxygen atoms in total. The van der Waals surface area contributed by atoms with Gasteiger partial charge < -0.3 is 15.4 Å². The van der Waals surface area contributed by atoms with Crippen molar-refractivity contribution in [1.82, 2.24) is 15.5 Å². The predicted molar refractivity (Wildman–Crippen MR) is 118 cm³/mol. The van der Waals surface area contributed by atoms with Crippen LogP contribution in [0.4, 0.5) is 9.18 Å². The SMILES string of the molecule is O=C(NCCc1csc2ccccc12)NCC(c1ccc(F)cc1)N1CCOCC1. The van der Waals surface area contributed by atoms with Crippen LogP contribution in [0.25, 0.3) is 10.1 Å². The lowest BCUT2D eigenvalue weighted by molar-refractivity contribution is 0.0167. The van der Waals surface area contributed by atoms with Gasteiger partial charge in [-0.2, -0.15) is 0 Å². The van der Waals surface area contributed by atoms with Crippen LogP contribution in [0, 0.1) is 5.82 Å². The van der Waals surface area contributed by atoms with Crippen molar-refractivity contribution in [2.45, 2.75) is 12.5 Å². The highest BCUT2D eigenvalue weighted by atomic mass is 32.1. The van der Waals surface area contributed by atoms with Crippen LogP contribution in [0.15, 0.2) is 53.9 Å². The standard InChI is InChI=1S/C23H26FN3O2S/c24-19-7-5-17(6-8-19)21(27-11-13-29-14-12-27)15-26-23(28)25-10-9-18-16-30-22-4-2-1-3-20(18)22/h1-8,16,21H,9-15H2,(H2,25,26,28). The molecule has 0 bridgehead atoms. The van der Waals surface area contributed by atoms with Gasteiger partial charge in [0.05, 0.1) is 19.3 Å². The number of thiophene rings is 1. The van der Waals surface area contributed by atoms with Crippen molar-refractivity contribution in [2.24, 2.45) is 0 Å². The first kappa shape index (κ1) is 20.8. The molecule has 1 unspecified atom stereocenters. The fourth-order valence-electron chi connectivity index (χ4n) is 3.82. The van der Waals surface area contributed by atoms with E-state index in [0.717, 1.165) is 25.1 Å². The molecule has 30 heavy (non-hydrogen) atoms. The van der Waals surface area contributed by atoms with Crippen LogP contribution in [-0.2, 0) is 11.2 Å². The van der Waals surface area contributed by atoms with E-state index in [-0.39, 0.29) is 17.9 Å². The van der Waals surface area contributed by atoms with E-state index in [0.29, 0.717) is 26.3 Å². The summed E-state index contributed by atoms with van der Waals surface area (Å²) in [4.78, 5) is 14.7. The molecule has 1 atom stereocenters. The molecule has 3 aromatic rings. The first-order chi connectivity index (χ1) is 14.7. The minimum atomic E-state index is -0.258. The summed E-state index contributed by atoms with van der Waals surface area (Å²) in [6, 6.07) is 14.6. The van der Waals surface area contributed by atoms with Gasteiger partial charge in [-0.05, 0) is 46.5 Å². The fraction of sp³-hybridized carbons (Fsp3) is 0.348. The molecule has 0 saturated carbocycles. The zero-order valence-electron chi connectivity index (χ0n) is 16.8. The molecular formula is C23H26FN3O2S. The summed E-state index contributed by atoms with van der Waals surface area (Å²) in [5.74, 6) is -0.258. The molecule has 1 fully saturated rings. The number of benzene rings is 2. The Balaban J connectivity index is 1.31. The normalized spacial score (nSPS) is 15.8. The number of nitrogens with zero attached hydrogens (tertiary/aromatic N) is 1. The summed E-state index contributed by atoms with van der Waals surface area (Å²) in [6.45, 7) is 3.94. The second kappa shape index (κ2) is 10.0. The average molecular weight is 428 g/mol. The summed E-state index contributed by atoms with van der Waals surface area (Å²) in [5, 5.41) is 9.36. The predicted octanol–water partition coefficient (Wildman–Crippen LogP) is 3.96. The number of halogens is 1. The third-order valence-corrected chi connectivity index (χ3v) is 6.45. The van der Waals surface area contributed by atoms with Gasteiger partial charge >= 0.3 is 6.03 Å². The van der Waals surface area contributed by atoms with E-state index in [2.05, 4.69) is 33.0 Å². The van der Waals surface area contributed by atoms with E-state index in [1.54, 1.807) is 23.5 Å². The third kappa shape index (κ3) is 5.16. The fourth-order valence-corrected chi connectivity index (χ4v) is 4.82. The molecule has 1 saturated heterocycles. The van der Waals surface area contributed by atoms with E-state index in [9.17, 15) is 9.18 Å². The monoisotopic (exact) mass is 427 g/mol. The number of urea groups is 1. The lowest BCUT2D eigenvalue weighted by atomic mass is 10.0. The topological polar surface area (TPSA) is 53.6 Å². The van der Waals surface area contributed by atoms with Gasteiger partial charge in [-0.1, -0.05) is 30.3 Å². The number of amides is 2. The average Bonchev–Trinajstić information content (AvgIpc) is 3.19. The molecule has 2 aromatic carbocycles. The van der Waals surface area contributed by atoms with Gasteiger partial charge in [0, 0.05) is 30.9 Å². The van der Waals surface area contributed by atoms with Crippen molar-refractivity contribution < 1.29 is 13.9 Å². The Morgan fingerprint density at radius 1 is 1.10 bits per heavy atom. The van der Waals surface area contributed by atoms with Crippen LogP contribution in [0.3, 0.4) is 0 Å². The molecule has 7 heteroatoms. The Bertz CT molecular complexity index is 970. The van der Waals surface area contributed by atoms with Gasteiger partial charge in [-0.3, -0.25) is 4.90 Å². The molecule has 158 valence electrons. The first-order valence-corrected chi connectivity index (χ1v) is 11.1. The second-order valence-corrected chi connectivity index (χ2v) is 8.27. The maximum absolute atomic E-state index is 13.3. The molecule has 0 radical (unpaired) electrons. The highest BCUT2D eigenvalue weighted by Gasteiger charge is 2.23. The van der Waals surface area contributed by atoms with Crippen molar-refractivity contribution in [3.05, 3.63) is 70.9 Å². The quantitative estimate of drug-likeness (QED) is 0.600. The zero-order chi connectivity index (χ0) is 20.8. The van der Waals surface area contributed by atoms with Crippen LogP contribution in [0.1, 0.15) is 17.2 Å². The minimum Gasteiger partial charge on any atom is -0.379 e. The summed E-state index contributed by atoms with van der Waals surface area (Å²) < 4.78 is 20.1. The zero-order valence-corrected chi connectivity index (χ0v) is 17.6. The Morgan fingerprint density at radius 2 is 1.87 bits per heavy atom. The molecule has 0 spiro atoms. The molecule has 2 heterocycles. The Morgan fingerprint density at radius 3 is 2.67 bits per heavy atom. The second-order valence-electron chi connectivity index (χ2n) is 7.36. The molecule has 2 amide bonds. The van der Waals surface area contributed by atoms with Gasteiger partial charge in [0.2, 0.25) is 0 Å². The summed E-state index contributed by atoms with van der Waals surface area (Å²) in [7, 11) is 0. The highest BCUT2D eigenvalue weighted by Crippen LogP contribution is 2.25. The Labute approximate surface area is 179 Å². The van der Waals surface area contributed by atoms with Crippen molar-refractivity contribution in [2.75, 3.05) is 39.4 Å². The Kier molecular flexibility index (Phi) is 6.94. The summed E-state index contributed by atoms with van der Waals surface area (Å²) >= 11 is 1.73. The maximum atomic E-state index is 13.3. The van der Waals surface area contributed by atoms with Gasteiger partial charge in [-0.15, -0.1) is 11.3 Å². The van der Waals surface area contributed by atoms with Gasteiger partial charge in [0.1, 0.15) is 5.82 Å². The number of rotatable bonds is 7. The minimum absolute atomic E-state index is 0.0129. The number of nitrogens with one attached hydrogen (secondary N) is 2. The van der Waals surface area contributed by atoms with E-state index < -0.39 is 0 Å². The van der Waals surface area contributed by atoms with Gasteiger partial charge in [-0.25, -0.2) is 9.18 Å². The number of hydrogen-bond donors (Lipinski definition) is 2. The van der Waals surface area contributed by atoms with Crippen LogP contribution in [0.2, 0.25) is 0 Å². The van der Waals surface area contributed by atoms with Crippen molar-refractivity contribution in [3.8, 4) is 0 Å². The lowest BCUT2D eigenvalue weighted by Crippen LogP contribution is -2.46. The van der Waals surface area contributed by atoms with Crippen molar-refractivity contribution >= 4 is 27.5 Å². The Hall–Kier alpha value is -2.48. The van der Waals surface area contributed by atoms with Crippen molar-refractivity contribution in [3.63, 3.8) is 0 Å². The molecule has 1 aromatic heterocycles. The van der Waals surface area contributed by atoms with E-state index in [4.69, 9.17) is 4.74 Å². The number of ether oxygens (including phenoxy) is 1. The summed E-state index contributed by atoms with van der Waals surface area (Å²) in [5.41, 5.74) is 2.25. The van der Waals surface area contributed by atoms with Crippen molar-refractivity contribution in [1.29, 1.82) is 0 Å². The largest absolute Gasteiger partial charge is 0.379 e. The van der Waals surface area contributed by atoms with Gasteiger partial charge in [0.25, 0.3) is 0 Å². The smallest absolute Gasteiger partial charge is 0.314 e. The lowest BCUT2D eigenvalue weighted by Gasteiger charge is -2.35. The molecule has 2 N–H and O–H groups in total. The van der Waals surface area contributed by atoms with Gasteiger partial charge in [0.15, 0.2) is 0 Å². The number of morpholine rings is 1. The van der Waals surface area contributed by atoms with Crippen LogP contribution >= 0.6 is 11.3 Å². The number of carbonyl (C=O) groups is 1. The molecule has 1 aliphatic heterocycles. The molecule has 4 rings (SSSR count). The third-order valence-electron chi connectivity index (χ3n) is 5.44. The van der Waals surface area contributed by atoms with Crippen LogP contribution in [-0.4, -0.2) is 50.3 Å². The molecular weight excluding hydrogens is 401 g/mol. The first-order valence-electron chi connectivity index (χ1n) is 10.2. The van der Waals surface area contributed by atoms with E-state index in [1.807, 2.05) is 12.1 Å². The van der Waals surface area contributed by atoms with E-state index >= 15 is 0 Å². The number of hydrogen-bond acceptors (Lipinski definition) is 4.